The van der Waals surface area contributed by atoms with Crippen LogP contribution in [0.4, 0.5) is 5.69 Å². The minimum Gasteiger partial charge on any atom is -0.367 e. The molecule has 1 aromatic carbocycles. The molecule has 138 valence electrons. The van der Waals surface area contributed by atoms with Crippen LogP contribution in [0, 0.1) is 0 Å². The van der Waals surface area contributed by atoms with Crippen LogP contribution in [0.25, 0.3) is 11.0 Å². The molecular formula is C18H23N5O3. The lowest BCUT2D eigenvalue weighted by molar-refractivity contribution is -0.131. The topological polar surface area (TPSA) is 79.6 Å². The smallest absolute Gasteiger partial charge is 0.348 e. The Hall–Kier alpha value is -2.61. The van der Waals surface area contributed by atoms with Crippen LogP contribution in [-0.2, 0) is 16.1 Å². The van der Waals surface area contributed by atoms with E-state index in [0.717, 1.165) is 42.4 Å². The predicted molar refractivity (Wildman–Crippen MR) is 99.0 cm³/mol. The van der Waals surface area contributed by atoms with Crippen LogP contribution >= 0.6 is 0 Å². The van der Waals surface area contributed by atoms with Gasteiger partial charge in [-0.05, 0) is 25.5 Å². The Morgan fingerprint density at radius 3 is 2.38 bits per heavy atom. The summed E-state index contributed by atoms with van der Waals surface area (Å²) < 4.78 is 2.93. The van der Waals surface area contributed by atoms with Crippen molar-refractivity contribution in [3.8, 4) is 0 Å². The van der Waals surface area contributed by atoms with Gasteiger partial charge in [0, 0.05) is 45.6 Å². The number of piperidine rings is 1. The monoisotopic (exact) mass is 357 g/mol. The van der Waals surface area contributed by atoms with Gasteiger partial charge in [0.05, 0.1) is 16.7 Å². The zero-order valence-corrected chi connectivity index (χ0v) is 14.9. The number of aryl methyl sites for hydroxylation is 1. The summed E-state index contributed by atoms with van der Waals surface area (Å²) in [6.45, 7) is 5.85. The second kappa shape index (κ2) is 6.60. The fraction of sp³-hybridized carbons (Fsp3) is 0.500. The first-order valence-corrected chi connectivity index (χ1v) is 9.19. The van der Waals surface area contributed by atoms with Gasteiger partial charge in [-0.3, -0.25) is 14.2 Å². The summed E-state index contributed by atoms with van der Waals surface area (Å²) in [7, 11) is 0. The summed E-state index contributed by atoms with van der Waals surface area (Å²) in [6.07, 6.45) is 1.12. The molecule has 0 aliphatic carbocycles. The molecule has 0 atom stereocenters. The van der Waals surface area contributed by atoms with E-state index in [9.17, 15) is 14.4 Å². The number of hydrogen-bond donors (Lipinski definition) is 1. The third-order valence-electron chi connectivity index (χ3n) is 5.13. The molecule has 0 spiro atoms. The van der Waals surface area contributed by atoms with Gasteiger partial charge in [-0.15, -0.1) is 0 Å². The van der Waals surface area contributed by atoms with Crippen LogP contribution in [0.3, 0.4) is 0 Å². The molecule has 2 saturated heterocycles. The molecule has 0 bridgehead atoms. The summed E-state index contributed by atoms with van der Waals surface area (Å²) in [4.78, 5) is 40.1. The molecule has 3 heterocycles. The number of imide groups is 1. The Kier molecular flexibility index (Phi) is 4.28. The van der Waals surface area contributed by atoms with E-state index in [4.69, 9.17) is 0 Å². The van der Waals surface area contributed by atoms with Crippen LogP contribution in [0.5, 0.6) is 0 Å². The van der Waals surface area contributed by atoms with E-state index in [-0.39, 0.29) is 30.3 Å². The maximum atomic E-state index is 13.1. The highest BCUT2D eigenvalue weighted by molar-refractivity contribution is 6.11. The first kappa shape index (κ1) is 16.8. The summed E-state index contributed by atoms with van der Waals surface area (Å²) in [6, 6.07) is 5.70. The zero-order chi connectivity index (χ0) is 18.3. The van der Waals surface area contributed by atoms with Crippen molar-refractivity contribution >= 4 is 28.5 Å². The van der Waals surface area contributed by atoms with Crippen LogP contribution in [-0.4, -0.2) is 47.2 Å². The normalized spacial score (nSPS) is 18.8. The molecule has 0 saturated carbocycles. The number of nitrogens with zero attached hydrogens (tertiary/aromatic N) is 4. The van der Waals surface area contributed by atoms with Gasteiger partial charge < -0.3 is 10.2 Å². The van der Waals surface area contributed by atoms with Gasteiger partial charge in [-0.1, -0.05) is 6.07 Å². The number of piperazine rings is 1. The highest BCUT2D eigenvalue weighted by Gasteiger charge is 2.32. The fourth-order valence-electron chi connectivity index (χ4n) is 3.89. The minimum atomic E-state index is -0.339. The molecule has 4 rings (SSSR count). The molecule has 2 amide bonds. The molecule has 1 N–H and O–H groups in total. The van der Waals surface area contributed by atoms with Gasteiger partial charge in [0.1, 0.15) is 0 Å². The molecule has 2 aromatic rings. The van der Waals surface area contributed by atoms with Gasteiger partial charge >= 0.3 is 5.69 Å². The number of carbonyl (C=O) groups excluding carboxylic acids is 2. The second-order valence-corrected chi connectivity index (χ2v) is 6.67. The standard InChI is InChI=1S/C18H23N5O3/c1-2-21-17-13(20-11-9-19-10-12-20)5-3-6-14(17)22(18(21)26)23-15(24)7-4-8-16(23)25/h3,5-6,19H,2,4,7-12H2,1H3. The van der Waals surface area contributed by atoms with Crippen molar-refractivity contribution in [2.24, 2.45) is 0 Å². The SMILES string of the molecule is CCn1c(=O)n(N2C(=O)CCCC2=O)c2cccc(N3CCNCC3)c21. The lowest BCUT2D eigenvalue weighted by Gasteiger charge is -2.30. The lowest BCUT2D eigenvalue weighted by Crippen LogP contribution is -2.52. The number of para-hydroxylation sites is 1. The maximum absolute atomic E-state index is 13.1. The lowest BCUT2D eigenvalue weighted by atomic mass is 10.1. The van der Waals surface area contributed by atoms with E-state index < -0.39 is 0 Å². The van der Waals surface area contributed by atoms with Crippen LogP contribution in [0.15, 0.2) is 23.0 Å². The Morgan fingerprint density at radius 1 is 1.04 bits per heavy atom. The predicted octanol–water partition coefficient (Wildman–Crippen LogP) is 0.408. The Labute approximate surface area is 150 Å². The van der Waals surface area contributed by atoms with Crippen molar-refractivity contribution in [3.63, 3.8) is 0 Å². The molecule has 2 aliphatic heterocycles. The van der Waals surface area contributed by atoms with Crippen LogP contribution in [0.2, 0.25) is 0 Å². The van der Waals surface area contributed by atoms with Crippen molar-refractivity contribution < 1.29 is 9.59 Å². The highest BCUT2D eigenvalue weighted by atomic mass is 16.2. The summed E-state index contributed by atoms with van der Waals surface area (Å²) in [5, 5.41) is 4.37. The quantitative estimate of drug-likeness (QED) is 0.805. The number of hydrogen-bond acceptors (Lipinski definition) is 5. The largest absolute Gasteiger partial charge is 0.367 e. The van der Waals surface area contributed by atoms with Crippen LogP contribution in [0.1, 0.15) is 26.2 Å². The molecule has 8 heteroatoms. The first-order chi connectivity index (χ1) is 12.6. The number of rotatable bonds is 3. The van der Waals surface area contributed by atoms with Crippen molar-refractivity contribution in [2.75, 3.05) is 36.1 Å². The average molecular weight is 357 g/mol. The van der Waals surface area contributed by atoms with Gasteiger partial charge in [0.15, 0.2) is 0 Å². The molecule has 2 aliphatic rings. The molecule has 1 aromatic heterocycles. The molecule has 8 nitrogen and oxygen atoms in total. The number of benzene rings is 1. The van der Waals surface area contributed by atoms with Crippen LogP contribution < -0.4 is 20.9 Å². The average Bonchev–Trinajstić information content (AvgIpc) is 2.94. The van der Waals surface area contributed by atoms with E-state index in [1.54, 1.807) is 4.57 Å². The second-order valence-electron chi connectivity index (χ2n) is 6.67. The Morgan fingerprint density at radius 2 is 1.73 bits per heavy atom. The Balaban J connectivity index is 1.95. The van der Waals surface area contributed by atoms with Gasteiger partial charge in [0.2, 0.25) is 11.8 Å². The van der Waals surface area contributed by atoms with E-state index in [2.05, 4.69) is 10.2 Å². The van der Waals surface area contributed by atoms with Crippen molar-refractivity contribution in [3.05, 3.63) is 28.7 Å². The molecule has 0 radical (unpaired) electrons. The van der Waals surface area contributed by atoms with Gasteiger partial charge in [-0.2, -0.15) is 9.69 Å². The number of aromatic nitrogens is 2. The number of fused-ring (bicyclic) bond motifs is 1. The number of anilines is 1. The third-order valence-corrected chi connectivity index (χ3v) is 5.13. The fourth-order valence-corrected chi connectivity index (χ4v) is 3.89. The van der Waals surface area contributed by atoms with Gasteiger partial charge in [0.25, 0.3) is 0 Å². The zero-order valence-electron chi connectivity index (χ0n) is 14.9. The number of carbonyl (C=O) groups is 2. The van der Waals surface area contributed by atoms with E-state index in [1.807, 2.05) is 25.1 Å². The Bertz CT molecular complexity index is 907. The first-order valence-electron chi connectivity index (χ1n) is 9.19. The van der Waals surface area contributed by atoms with Gasteiger partial charge in [-0.25, -0.2) is 4.79 Å². The number of nitrogens with one attached hydrogen (secondary N) is 1. The van der Waals surface area contributed by atoms with E-state index >= 15 is 0 Å². The number of imidazole rings is 1. The van der Waals surface area contributed by atoms with Crippen molar-refractivity contribution in [1.29, 1.82) is 0 Å². The van der Waals surface area contributed by atoms with Crippen molar-refractivity contribution in [1.82, 2.24) is 14.6 Å². The molecular weight excluding hydrogens is 334 g/mol. The molecule has 26 heavy (non-hydrogen) atoms. The van der Waals surface area contributed by atoms with E-state index in [0.29, 0.717) is 18.5 Å². The summed E-state index contributed by atoms with van der Waals surface area (Å²) in [5.74, 6) is -0.628. The van der Waals surface area contributed by atoms with E-state index in [1.165, 1.54) is 4.68 Å². The third kappa shape index (κ3) is 2.52. The molecule has 2 fully saturated rings. The number of amides is 2. The maximum Gasteiger partial charge on any atom is 0.348 e. The highest BCUT2D eigenvalue weighted by Crippen LogP contribution is 2.28. The summed E-state index contributed by atoms with van der Waals surface area (Å²) >= 11 is 0. The minimum absolute atomic E-state index is 0.286. The van der Waals surface area contributed by atoms with Crippen molar-refractivity contribution in [2.45, 2.75) is 32.7 Å². The summed E-state index contributed by atoms with van der Waals surface area (Å²) in [5.41, 5.74) is 2.02. The molecule has 0 unspecified atom stereocenters.